The van der Waals surface area contributed by atoms with Crippen LogP contribution in [0.4, 0.5) is 0 Å². The first-order valence-corrected chi connectivity index (χ1v) is 7.53. The molecule has 2 aliphatic carbocycles. The van der Waals surface area contributed by atoms with Gasteiger partial charge in [-0.2, -0.15) is 0 Å². The third kappa shape index (κ3) is 3.47. The molecule has 0 saturated heterocycles. The molecule has 0 radical (unpaired) electrons. The molecule has 1 N–H and O–H groups in total. The average molecular weight is 253 g/mol. The zero-order valence-corrected chi connectivity index (χ0v) is 11.8. The Balaban J connectivity index is 1.74. The van der Waals surface area contributed by atoms with Gasteiger partial charge in [-0.3, -0.25) is 4.79 Å². The van der Waals surface area contributed by atoms with E-state index in [2.05, 4.69) is 12.2 Å². The Kier molecular flexibility index (Phi) is 4.66. The first-order chi connectivity index (χ1) is 8.63. The van der Waals surface area contributed by atoms with Crippen molar-refractivity contribution in [2.75, 3.05) is 13.2 Å². The summed E-state index contributed by atoms with van der Waals surface area (Å²) in [6.07, 6.45) is 8.43. The normalized spacial score (nSPS) is 30.6. The molecule has 2 saturated carbocycles. The smallest absolute Gasteiger partial charge is 0.308 e. The van der Waals surface area contributed by atoms with Gasteiger partial charge in [0.2, 0.25) is 0 Å². The van der Waals surface area contributed by atoms with Crippen LogP contribution in [0.2, 0.25) is 0 Å². The maximum atomic E-state index is 11.8. The summed E-state index contributed by atoms with van der Waals surface area (Å²) < 4.78 is 5.14. The number of nitrogens with one attached hydrogen (secondary N) is 1. The second-order valence-corrected chi connectivity index (χ2v) is 6.36. The van der Waals surface area contributed by atoms with E-state index in [0.29, 0.717) is 18.1 Å². The predicted octanol–water partition coefficient (Wildman–Crippen LogP) is 2.89. The summed E-state index contributed by atoms with van der Waals surface area (Å²) >= 11 is 0. The van der Waals surface area contributed by atoms with E-state index in [1.165, 1.54) is 25.7 Å². The highest BCUT2D eigenvalue weighted by molar-refractivity contribution is 5.72. The lowest BCUT2D eigenvalue weighted by atomic mass is 9.70. The van der Waals surface area contributed by atoms with Gasteiger partial charge in [0, 0.05) is 12.6 Å². The molecule has 2 unspecified atom stereocenters. The van der Waals surface area contributed by atoms with Gasteiger partial charge in [0.05, 0.1) is 12.5 Å². The van der Waals surface area contributed by atoms with Crippen LogP contribution in [0.25, 0.3) is 0 Å². The lowest BCUT2D eigenvalue weighted by Gasteiger charge is -2.40. The molecule has 2 rings (SSSR count). The molecule has 3 heteroatoms. The predicted molar refractivity (Wildman–Crippen MR) is 72.3 cm³/mol. The molecule has 0 aromatic rings. The number of rotatable bonds is 5. The fourth-order valence-corrected chi connectivity index (χ4v) is 3.20. The van der Waals surface area contributed by atoms with Gasteiger partial charge in [-0.05, 0) is 44.4 Å². The lowest BCUT2D eigenvalue weighted by molar-refractivity contribution is -0.149. The molecule has 0 aliphatic heterocycles. The molecule has 3 nitrogen and oxygen atoms in total. The SMILES string of the molecule is CCOC(=O)C1CCCC(NCC2(C)CCC2)C1. The van der Waals surface area contributed by atoms with Crippen LogP contribution < -0.4 is 5.32 Å². The van der Waals surface area contributed by atoms with Gasteiger partial charge in [0.25, 0.3) is 0 Å². The minimum Gasteiger partial charge on any atom is -0.466 e. The van der Waals surface area contributed by atoms with Crippen molar-refractivity contribution in [3.05, 3.63) is 0 Å². The summed E-state index contributed by atoms with van der Waals surface area (Å²) in [5.74, 6) is 0.143. The number of carbonyl (C=O) groups is 1. The minimum atomic E-state index is 0.0128. The monoisotopic (exact) mass is 253 g/mol. The molecule has 2 aliphatic rings. The van der Waals surface area contributed by atoms with Crippen LogP contribution in [0.5, 0.6) is 0 Å². The van der Waals surface area contributed by atoms with Crippen LogP contribution in [-0.4, -0.2) is 25.2 Å². The van der Waals surface area contributed by atoms with Gasteiger partial charge in [-0.1, -0.05) is 19.8 Å². The summed E-state index contributed by atoms with van der Waals surface area (Å²) in [5.41, 5.74) is 0.525. The zero-order valence-electron chi connectivity index (χ0n) is 11.8. The summed E-state index contributed by atoms with van der Waals surface area (Å²) in [4.78, 5) is 11.8. The fraction of sp³-hybridized carbons (Fsp3) is 0.933. The highest BCUT2D eigenvalue weighted by Gasteiger charge is 2.33. The van der Waals surface area contributed by atoms with E-state index in [1.807, 2.05) is 6.92 Å². The van der Waals surface area contributed by atoms with Crippen molar-refractivity contribution in [3.63, 3.8) is 0 Å². The molecule has 0 spiro atoms. The van der Waals surface area contributed by atoms with Crippen LogP contribution in [0, 0.1) is 11.3 Å². The lowest BCUT2D eigenvalue weighted by Crippen LogP contribution is -2.44. The molecule has 0 heterocycles. The van der Waals surface area contributed by atoms with Gasteiger partial charge in [0.15, 0.2) is 0 Å². The van der Waals surface area contributed by atoms with E-state index < -0.39 is 0 Å². The second-order valence-electron chi connectivity index (χ2n) is 6.36. The van der Waals surface area contributed by atoms with E-state index in [4.69, 9.17) is 4.74 Å². The van der Waals surface area contributed by atoms with Crippen molar-refractivity contribution in [2.24, 2.45) is 11.3 Å². The van der Waals surface area contributed by atoms with Gasteiger partial charge in [-0.15, -0.1) is 0 Å². The van der Waals surface area contributed by atoms with Gasteiger partial charge in [0.1, 0.15) is 0 Å². The topological polar surface area (TPSA) is 38.3 Å². The van der Waals surface area contributed by atoms with E-state index in [1.54, 1.807) is 0 Å². The Morgan fingerprint density at radius 2 is 2.11 bits per heavy atom. The summed E-state index contributed by atoms with van der Waals surface area (Å²) in [6, 6.07) is 0.519. The highest BCUT2D eigenvalue weighted by Crippen LogP contribution is 2.39. The third-order valence-corrected chi connectivity index (χ3v) is 4.67. The summed E-state index contributed by atoms with van der Waals surface area (Å²) in [5, 5.41) is 3.68. The molecule has 0 aromatic carbocycles. The van der Waals surface area contributed by atoms with Crippen molar-refractivity contribution in [3.8, 4) is 0 Å². The van der Waals surface area contributed by atoms with Crippen molar-refractivity contribution in [1.82, 2.24) is 5.32 Å². The van der Waals surface area contributed by atoms with Crippen LogP contribution in [0.15, 0.2) is 0 Å². The van der Waals surface area contributed by atoms with Gasteiger partial charge in [-0.25, -0.2) is 0 Å². The van der Waals surface area contributed by atoms with Gasteiger partial charge < -0.3 is 10.1 Å². The zero-order chi connectivity index (χ0) is 13.0. The molecule has 0 bridgehead atoms. The van der Waals surface area contributed by atoms with E-state index in [9.17, 15) is 4.79 Å². The molecule has 2 fully saturated rings. The molecular formula is C15H27NO2. The molecule has 0 amide bonds. The van der Waals surface area contributed by atoms with E-state index in [0.717, 1.165) is 25.8 Å². The Bertz CT molecular complexity index is 286. The maximum Gasteiger partial charge on any atom is 0.308 e. The number of ether oxygens (including phenoxy) is 1. The Hall–Kier alpha value is -0.570. The molecule has 104 valence electrons. The number of hydrogen-bond acceptors (Lipinski definition) is 3. The Labute approximate surface area is 111 Å². The number of hydrogen-bond donors (Lipinski definition) is 1. The average Bonchev–Trinajstić information content (AvgIpc) is 2.35. The third-order valence-electron chi connectivity index (χ3n) is 4.67. The van der Waals surface area contributed by atoms with E-state index in [-0.39, 0.29) is 11.9 Å². The second kappa shape index (κ2) is 6.05. The highest BCUT2D eigenvalue weighted by atomic mass is 16.5. The van der Waals surface area contributed by atoms with Crippen LogP contribution in [0.1, 0.15) is 58.8 Å². The fourth-order valence-electron chi connectivity index (χ4n) is 3.20. The molecular weight excluding hydrogens is 226 g/mol. The van der Waals surface area contributed by atoms with E-state index >= 15 is 0 Å². The molecule has 2 atom stereocenters. The maximum absolute atomic E-state index is 11.8. The van der Waals surface area contributed by atoms with Crippen molar-refractivity contribution in [1.29, 1.82) is 0 Å². The minimum absolute atomic E-state index is 0.0128. The largest absolute Gasteiger partial charge is 0.466 e. The van der Waals surface area contributed by atoms with Crippen LogP contribution in [-0.2, 0) is 9.53 Å². The first-order valence-electron chi connectivity index (χ1n) is 7.53. The molecule has 18 heavy (non-hydrogen) atoms. The Morgan fingerprint density at radius 3 is 2.72 bits per heavy atom. The number of carbonyl (C=O) groups excluding carboxylic acids is 1. The quantitative estimate of drug-likeness (QED) is 0.766. The van der Waals surface area contributed by atoms with Crippen molar-refractivity contribution >= 4 is 5.97 Å². The molecule has 0 aromatic heterocycles. The first kappa shape index (κ1) is 13.9. The number of esters is 1. The van der Waals surface area contributed by atoms with Crippen molar-refractivity contribution in [2.45, 2.75) is 64.8 Å². The Morgan fingerprint density at radius 1 is 1.33 bits per heavy atom. The van der Waals surface area contributed by atoms with Gasteiger partial charge >= 0.3 is 5.97 Å². The van der Waals surface area contributed by atoms with Crippen molar-refractivity contribution < 1.29 is 9.53 Å². The van der Waals surface area contributed by atoms with Crippen LogP contribution >= 0.6 is 0 Å². The standard InChI is InChI=1S/C15H27NO2/c1-3-18-14(17)12-6-4-7-13(10-12)16-11-15(2)8-5-9-15/h12-13,16H,3-11H2,1-2H3. The summed E-state index contributed by atoms with van der Waals surface area (Å²) in [6.45, 7) is 5.88. The van der Waals surface area contributed by atoms with Crippen LogP contribution in [0.3, 0.4) is 0 Å². The summed E-state index contributed by atoms with van der Waals surface area (Å²) in [7, 11) is 0.